The van der Waals surface area contributed by atoms with Crippen molar-refractivity contribution in [2.45, 2.75) is 50.9 Å². The lowest BCUT2D eigenvalue weighted by molar-refractivity contribution is -0.153. The van der Waals surface area contributed by atoms with Gasteiger partial charge in [-0.2, -0.15) is 0 Å². The van der Waals surface area contributed by atoms with Gasteiger partial charge in [-0.25, -0.2) is 4.79 Å². The highest BCUT2D eigenvalue weighted by molar-refractivity contribution is 5.85. The Kier molecular flexibility index (Phi) is 8.15. The first-order chi connectivity index (χ1) is 13.7. The van der Waals surface area contributed by atoms with Crippen LogP contribution in [-0.4, -0.2) is 69.4 Å². The van der Waals surface area contributed by atoms with Gasteiger partial charge in [0.15, 0.2) is 6.10 Å². The normalized spacial score (nSPS) is 23.7. The fraction of sp³-hybridized carbons (Fsp3) is 0.500. The summed E-state index contributed by atoms with van der Waals surface area (Å²) in [6.45, 7) is 2.69. The molecule has 1 aliphatic heterocycles. The van der Waals surface area contributed by atoms with Gasteiger partial charge in [0.1, 0.15) is 18.3 Å². The highest BCUT2D eigenvalue weighted by atomic mass is 16.5. The van der Waals surface area contributed by atoms with Gasteiger partial charge >= 0.3 is 5.97 Å². The topological polar surface area (TPSA) is 146 Å². The number of hydrogen-bond donors (Lipinski definition) is 5. The molecule has 9 nitrogen and oxygen atoms in total. The van der Waals surface area contributed by atoms with Crippen molar-refractivity contribution >= 4 is 11.9 Å². The van der Waals surface area contributed by atoms with E-state index in [4.69, 9.17) is 9.47 Å². The summed E-state index contributed by atoms with van der Waals surface area (Å²) in [6.07, 6.45) is -4.35. The average molecular weight is 409 g/mol. The summed E-state index contributed by atoms with van der Waals surface area (Å²) in [5, 5.41) is 41.5. The van der Waals surface area contributed by atoms with Crippen LogP contribution in [0.3, 0.4) is 0 Å². The second-order valence-electron chi connectivity index (χ2n) is 7.11. The average Bonchev–Trinajstić information content (AvgIpc) is 2.71. The molecule has 5 atom stereocenters. The quantitative estimate of drug-likeness (QED) is 0.377. The van der Waals surface area contributed by atoms with E-state index in [0.29, 0.717) is 0 Å². The molecule has 1 heterocycles. The molecule has 0 aliphatic carbocycles. The number of aliphatic hydroxyl groups excluding tert-OH is 3. The first-order valence-corrected chi connectivity index (χ1v) is 9.29. The minimum atomic E-state index is -1.66. The van der Waals surface area contributed by atoms with Gasteiger partial charge in [-0.15, -0.1) is 0 Å². The predicted molar refractivity (Wildman–Crippen MR) is 101 cm³/mol. The Morgan fingerprint density at radius 2 is 1.86 bits per heavy atom. The Morgan fingerprint density at radius 3 is 2.41 bits per heavy atom. The molecule has 0 unspecified atom stereocenters. The molecular weight excluding hydrogens is 382 g/mol. The molecular formula is C20H27NO8. The summed E-state index contributed by atoms with van der Waals surface area (Å²) in [7, 11) is 0. The predicted octanol–water partition coefficient (Wildman–Crippen LogP) is -0.206. The molecule has 0 bridgehead atoms. The van der Waals surface area contributed by atoms with Gasteiger partial charge in [-0.3, -0.25) is 4.79 Å². The fourth-order valence-electron chi connectivity index (χ4n) is 2.84. The van der Waals surface area contributed by atoms with Gasteiger partial charge in [0.25, 0.3) is 0 Å². The Balaban J connectivity index is 2.34. The summed E-state index contributed by atoms with van der Waals surface area (Å²) < 4.78 is 11.2. The third-order valence-electron chi connectivity index (χ3n) is 4.53. The van der Waals surface area contributed by atoms with Crippen LogP contribution in [0.2, 0.25) is 0 Å². The number of carbonyl (C=O) groups is 2. The zero-order valence-electron chi connectivity index (χ0n) is 16.3. The standard InChI is InChI=1S/C20H27NO8/c1-11(2)19(25)21-16-14(28-10-12-6-4-3-5-7-12)8-15(20(26)27)29-18(16)17(24)13(23)9-22/h3-8,11,13-14,16-18,22-24H,9-10H2,1-2H3,(H,21,25)(H,26,27)/t13-,14-,16-,17-,18-/m1/s1. The number of carbonyl (C=O) groups excluding carboxylic acids is 1. The second kappa shape index (κ2) is 10.4. The van der Waals surface area contributed by atoms with Crippen molar-refractivity contribution in [2.24, 2.45) is 5.92 Å². The van der Waals surface area contributed by atoms with E-state index in [-0.39, 0.29) is 12.5 Å². The molecule has 160 valence electrons. The molecule has 29 heavy (non-hydrogen) atoms. The van der Waals surface area contributed by atoms with Crippen LogP contribution in [0.15, 0.2) is 42.2 Å². The van der Waals surface area contributed by atoms with Gasteiger partial charge in [0.05, 0.1) is 19.3 Å². The number of carboxylic acid groups (broad SMARTS) is 1. The van der Waals surface area contributed by atoms with Crippen LogP contribution in [0.25, 0.3) is 0 Å². The van der Waals surface area contributed by atoms with Crippen molar-refractivity contribution in [3.05, 3.63) is 47.7 Å². The third-order valence-corrected chi connectivity index (χ3v) is 4.53. The Hall–Kier alpha value is -2.46. The molecule has 5 N–H and O–H groups in total. The van der Waals surface area contributed by atoms with E-state index in [9.17, 15) is 30.0 Å². The molecule has 0 aromatic heterocycles. The molecule has 1 amide bonds. The maximum Gasteiger partial charge on any atom is 0.370 e. The van der Waals surface area contributed by atoms with Crippen molar-refractivity contribution in [3.63, 3.8) is 0 Å². The number of ether oxygens (including phenoxy) is 2. The van der Waals surface area contributed by atoms with E-state index in [1.165, 1.54) is 6.08 Å². The number of rotatable bonds is 9. The van der Waals surface area contributed by atoms with Crippen LogP contribution in [0.5, 0.6) is 0 Å². The van der Waals surface area contributed by atoms with Crippen LogP contribution in [0.1, 0.15) is 19.4 Å². The van der Waals surface area contributed by atoms with E-state index in [2.05, 4.69) is 5.32 Å². The molecule has 2 rings (SSSR count). The number of nitrogens with one attached hydrogen (secondary N) is 1. The maximum atomic E-state index is 12.3. The summed E-state index contributed by atoms with van der Waals surface area (Å²) in [5.41, 5.74) is 0.825. The highest BCUT2D eigenvalue weighted by Gasteiger charge is 2.44. The summed E-state index contributed by atoms with van der Waals surface area (Å²) >= 11 is 0. The van der Waals surface area contributed by atoms with Crippen molar-refractivity contribution in [1.82, 2.24) is 5.32 Å². The number of aliphatic hydroxyl groups is 3. The van der Waals surface area contributed by atoms with Crippen LogP contribution in [0, 0.1) is 5.92 Å². The fourth-order valence-corrected chi connectivity index (χ4v) is 2.84. The number of hydrogen-bond acceptors (Lipinski definition) is 7. The molecule has 1 aliphatic rings. The Bertz CT molecular complexity index is 720. The summed E-state index contributed by atoms with van der Waals surface area (Å²) in [4.78, 5) is 23.8. The molecule has 1 aromatic rings. The lowest BCUT2D eigenvalue weighted by Crippen LogP contribution is -2.61. The largest absolute Gasteiger partial charge is 0.478 e. The van der Waals surface area contributed by atoms with Gasteiger partial charge in [0, 0.05) is 5.92 Å². The van der Waals surface area contributed by atoms with Crippen LogP contribution in [0.4, 0.5) is 0 Å². The lowest BCUT2D eigenvalue weighted by Gasteiger charge is -2.40. The second-order valence-corrected chi connectivity index (χ2v) is 7.11. The van der Waals surface area contributed by atoms with Gasteiger partial charge in [-0.1, -0.05) is 44.2 Å². The van der Waals surface area contributed by atoms with Crippen molar-refractivity contribution in [1.29, 1.82) is 0 Å². The van der Waals surface area contributed by atoms with Gasteiger partial charge in [0.2, 0.25) is 11.7 Å². The highest BCUT2D eigenvalue weighted by Crippen LogP contribution is 2.26. The van der Waals surface area contributed by atoms with Crippen molar-refractivity contribution < 1.29 is 39.5 Å². The van der Waals surface area contributed by atoms with Gasteiger partial charge < -0.3 is 35.2 Å². The zero-order chi connectivity index (χ0) is 21.6. The van der Waals surface area contributed by atoms with E-state index in [1.54, 1.807) is 13.8 Å². The molecule has 1 aromatic carbocycles. The van der Waals surface area contributed by atoms with Crippen molar-refractivity contribution in [2.75, 3.05) is 6.61 Å². The van der Waals surface area contributed by atoms with E-state index in [0.717, 1.165) is 5.56 Å². The van der Waals surface area contributed by atoms with Crippen LogP contribution < -0.4 is 5.32 Å². The molecule has 0 spiro atoms. The monoisotopic (exact) mass is 409 g/mol. The lowest BCUT2D eigenvalue weighted by atomic mass is 9.93. The Labute approximate surface area is 168 Å². The Morgan fingerprint density at radius 1 is 1.21 bits per heavy atom. The number of amides is 1. The van der Waals surface area contributed by atoms with Crippen LogP contribution >= 0.6 is 0 Å². The first-order valence-electron chi connectivity index (χ1n) is 9.29. The molecule has 0 saturated carbocycles. The minimum absolute atomic E-state index is 0.119. The molecule has 0 fully saturated rings. The van der Waals surface area contributed by atoms with Crippen LogP contribution in [-0.2, 0) is 25.7 Å². The first kappa shape index (κ1) is 22.8. The number of aliphatic carboxylic acids is 1. The van der Waals surface area contributed by atoms with E-state index < -0.39 is 54.7 Å². The van der Waals surface area contributed by atoms with Gasteiger partial charge in [-0.05, 0) is 11.6 Å². The molecule has 0 radical (unpaired) electrons. The zero-order valence-corrected chi connectivity index (χ0v) is 16.3. The SMILES string of the molecule is CC(C)C(=O)N[C@H]1[C@H]([C@H](O)[C@H](O)CO)OC(C(=O)O)=C[C@H]1OCc1ccccc1. The molecule has 9 heteroatoms. The molecule has 0 saturated heterocycles. The van der Waals surface area contributed by atoms with E-state index in [1.807, 2.05) is 30.3 Å². The maximum absolute atomic E-state index is 12.3. The van der Waals surface area contributed by atoms with E-state index >= 15 is 0 Å². The summed E-state index contributed by atoms with van der Waals surface area (Å²) in [6, 6.07) is 8.14. The number of carboxylic acids is 1. The smallest absolute Gasteiger partial charge is 0.370 e. The minimum Gasteiger partial charge on any atom is -0.478 e. The summed E-state index contributed by atoms with van der Waals surface area (Å²) in [5.74, 6) is -2.63. The third kappa shape index (κ3) is 6.01. The van der Waals surface area contributed by atoms with Crippen molar-refractivity contribution in [3.8, 4) is 0 Å². The number of benzene rings is 1.